The third-order valence-corrected chi connectivity index (χ3v) is 4.01. The normalized spacial score (nSPS) is 25.4. The summed E-state index contributed by atoms with van der Waals surface area (Å²) in [4.78, 5) is 5.13. The average Bonchev–Trinajstić information content (AvgIpc) is 2.42. The van der Waals surface area contributed by atoms with E-state index in [4.69, 9.17) is 4.74 Å². The fraction of sp³-hybridized carbons (Fsp3) is 1.00. The SMILES string of the molecule is CC.COC1CCN(C2CCN(C)CC2)CC1. The van der Waals surface area contributed by atoms with Gasteiger partial charge in [0.15, 0.2) is 0 Å². The van der Waals surface area contributed by atoms with E-state index in [0.29, 0.717) is 6.10 Å². The Hall–Kier alpha value is -0.120. The maximum atomic E-state index is 5.41. The monoisotopic (exact) mass is 242 g/mol. The van der Waals surface area contributed by atoms with E-state index in [2.05, 4.69) is 16.8 Å². The summed E-state index contributed by atoms with van der Waals surface area (Å²) in [6.07, 6.45) is 5.68. The first-order chi connectivity index (χ1) is 8.29. The van der Waals surface area contributed by atoms with Crippen molar-refractivity contribution in [3.8, 4) is 0 Å². The first-order valence-corrected chi connectivity index (χ1v) is 7.25. The molecule has 3 heteroatoms. The number of nitrogens with zero attached hydrogens (tertiary/aromatic N) is 2. The molecule has 2 heterocycles. The highest BCUT2D eigenvalue weighted by atomic mass is 16.5. The van der Waals surface area contributed by atoms with Gasteiger partial charge in [0.05, 0.1) is 6.10 Å². The minimum Gasteiger partial charge on any atom is -0.381 e. The summed E-state index contributed by atoms with van der Waals surface area (Å²) in [7, 11) is 4.07. The van der Waals surface area contributed by atoms with Crippen LogP contribution in [-0.4, -0.2) is 62.3 Å². The zero-order valence-electron chi connectivity index (χ0n) is 12.1. The van der Waals surface area contributed by atoms with Crippen molar-refractivity contribution in [3.63, 3.8) is 0 Å². The van der Waals surface area contributed by atoms with Gasteiger partial charge in [0, 0.05) is 26.2 Å². The predicted molar refractivity (Wildman–Crippen MR) is 73.5 cm³/mol. The second-order valence-corrected chi connectivity index (χ2v) is 5.01. The van der Waals surface area contributed by atoms with Crippen molar-refractivity contribution in [1.82, 2.24) is 9.80 Å². The molecule has 3 nitrogen and oxygen atoms in total. The molecule has 0 aromatic heterocycles. The van der Waals surface area contributed by atoms with Gasteiger partial charge < -0.3 is 14.5 Å². The van der Waals surface area contributed by atoms with Gasteiger partial charge in [0.2, 0.25) is 0 Å². The van der Waals surface area contributed by atoms with Crippen molar-refractivity contribution in [1.29, 1.82) is 0 Å². The van der Waals surface area contributed by atoms with Crippen molar-refractivity contribution in [2.24, 2.45) is 0 Å². The maximum Gasteiger partial charge on any atom is 0.0595 e. The number of methoxy groups -OCH3 is 1. The Kier molecular flexibility index (Phi) is 7.09. The van der Waals surface area contributed by atoms with Crippen molar-refractivity contribution in [2.75, 3.05) is 40.3 Å². The molecule has 2 saturated heterocycles. The van der Waals surface area contributed by atoms with Crippen LogP contribution < -0.4 is 0 Å². The molecule has 0 spiro atoms. The number of hydrogen-bond donors (Lipinski definition) is 0. The first kappa shape index (κ1) is 14.9. The summed E-state index contributed by atoms with van der Waals surface area (Å²) in [5.41, 5.74) is 0. The smallest absolute Gasteiger partial charge is 0.0595 e. The highest BCUT2D eigenvalue weighted by Crippen LogP contribution is 2.21. The number of ether oxygens (including phenoxy) is 1. The van der Waals surface area contributed by atoms with Gasteiger partial charge in [-0.2, -0.15) is 0 Å². The second kappa shape index (κ2) is 8.06. The van der Waals surface area contributed by atoms with Crippen LogP contribution in [0.1, 0.15) is 39.5 Å². The number of rotatable bonds is 2. The predicted octanol–water partition coefficient (Wildman–Crippen LogP) is 2.22. The van der Waals surface area contributed by atoms with Crippen LogP contribution in [-0.2, 0) is 4.74 Å². The lowest BCUT2D eigenvalue weighted by molar-refractivity contribution is 0.0162. The van der Waals surface area contributed by atoms with Crippen LogP contribution in [0.5, 0.6) is 0 Å². The Morgan fingerprint density at radius 3 is 1.88 bits per heavy atom. The van der Waals surface area contributed by atoms with Gasteiger partial charge in [-0.15, -0.1) is 0 Å². The Bertz CT molecular complexity index is 183. The molecular formula is C14H30N2O. The molecule has 2 rings (SSSR count). The Morgan fingerprint density at radius 2 is 1.41 bits per heavy atom. The molecule has 102 valence electrons. The van der Waals surface area contributed by atoms with E-state index >= 15 is 0 Å². The zero-order chi connectivity index (χ0) is 12.7. The van der Waals surface area contributed by atoms with Crippen molar-refractivity contribution in [2.45, 2.75) is 51.7 Å². The summed E-state index contributed by atoms with van der Waals surface area (Å²) >= 11 is 0. The third kappa shape index (κ3) is 4.57. The summed E-state index contributed by atoms with van der Waals surface area (Å²) in [5.74, 6) is 0. The molecule has 0 atom stereocenters. The topological polar surface area (TPSA) is 15.7 Å². The number of likely N-dealkylation sites (tertiary alicyclic amines) is 2. The lowest BCUT2D eigenvalue weighted by Gasteiger charge is -2.40. The van der Waals surface area contributed by atoms with E-state index in [-0.39, 0.29) is 0 Å². The molecule has 0 bridgehead atoms. The van der Waals surface area contributed by atoms with Crippen molar-refractivity contribution in [3.05, 3.63) is 0 Å². The van der Waals surface area contributed by atoms with Gasteiger partial charge in [-0.1, -0.05) is 13.8 Å². The van der Waals surface area contributed by atoms with Crippen molar-refractivity contribution < 1.29 is 4.74 Å². The Labute approximate surface area is 107 Å². The molecular weight excluding hydrogens is 212 g/mol. The summed E-state index contributed by atoms with van der Waals surface area (Å²) in [6, 6.07) is 0.846. The van der Waals surface area contributed by atoms with Crippen LogP contribution in [0.25, 0.3) is 0 Å². The number of hydrogen-bond acceptors (Lipinski definition) is 3. The quantitative estimate of drug-likeness (QED) is 0.738. The molecule has 2 aliphatic heterocycles. The van der Waals surface area contributed by atoms with Crippen LogP contribution >= 0.6 is 0 Å². The lowest BCUT2D eigenvalue weighted by Crippen LogP contribution is -2.47. The fourth-order valence-corrected chi connectivity index (χ4v) is 2.84. The van der Waals surface area contributed by atoms with E-state index in [0.717, 1.165) is 6.04 Å². The molecule has 2 fully saturated rings. The van der Waals surface area contributed by atoms with E-state index < -0.39 is 0 Å². The minimum absolute atomic E-state index is 0.521. The van der Waals surface area contributed by atoms with Crippen molar-refractivity contribution >= 4 is 0 Å². The summed E-state index contributed by atoms with van der Waals surface area (Å²) < 4.78 is 5.41. The Morgan fingerprint density at radius 1 is 0.882 bits per heavy atom. The number of piperidine rings is 2. The van der Waals surface area contributed by atoms with Gasteiger partial charge in [0.25, 0.3) is 0 Å². The molecule has 0 aromatic rings. The van der Waals surface area contributed by atoms with Gasteiger partial charge in [-0.05, 0) is 45.8 Å². The van der Waals surface area contributed by atoms with E-state index in [1.54, 1.807) is 0 Å². The van der Waals surface area contributed by atoms with Gasteiger partial charge >= 0.3 is 0 Å². The highest BCUT2D eigenvalue weighted by Gasteiger charge is 2.26. The van der Waals surface area contributed by atoms with Crippen LogP contribution in [0.3, 0.4) is 0 Å². The van der Waals surface area contributed by atoms with Gasteiger partial charge in [0.1, 0.15) is 0 Å². The molecule has 0 radical (unpaired) electrons. The van der Waals surface area contributed by atoms with Crippen LogP contribution in [0.15, 0.2) is 0 Å². The van der Waals surface area contributed by atoms with Gasteiger partial charge in [-0.25, -0.2) is 0 Å². The van der Waals surface area contributed by atoms with Crippen LogP contribution in [0.4, 0.5) is 0 Å². The molecule has 0 unspecified atom stereocenters. The Balaban J connectivity index is 0.000000686. The largest absolute Gasteiger partial charge is 0.381 e. The van der Waals surface area contributed by atoms with Gasteiger partial charge in [-0.3, -0.25) is 0 Å². The standard InChI is InChI=1S/C12H24N2O.C2H6/c1-13-7-3-11(4-8-13)14-9-5-12(15-2)6-10-14;1-2/h11-12H,3-10H2,1-2H3;1-2H3. The second-order valence-electron chi connectivity index (χ2n) is 5.01. The summed E-state index contributed by atoms with van der Waals surface area (Å²) in [6.45, 7) is 9.03. The molecule has 0 amide bonds. The van der Waals surface area contributed by atoms with Crippen LogP contribution in [0, 0.1) is 0 Å². The summed E-state index contributed by atoms with van der Waals surface area (Å²) in [5, 5.41) is 0. The fourth-order valence-electron chi connectivity index (χ4n) is 2.84. The van der Waals surface area contributed by atoms with Crippen LogP contribution in [0.2, 0.25) is 0 Å². The molecule has 0 N–H and O–H groups in total. The molecule has 17 heavy (non-hydrogen) atoms. The minimum atomic E-state index is 0.521. The first-order valence-electron chi connectivity index (χ1n) is 7.25. The zero-order valence-corrected chi connectivity index (χ0v) is 12.1. The third-order valence-electron chi connectivity index (χ3n) is 4.01. The molecule has 0 aliphatic carbocycles. The molecule has 0 aromatic carbocycles. The van der Waals surface area contributed by atoms with E-state index in [9.17, 15) is 0 Å². The molecule has 2 aliphatic rings. The van der Waals surface area contributed by atoms with E-state index in [1.807, 2.05) is 21.0 Å². The average molecular weight is 242 g/mol. The maximum absolute atomic E-state index is 5.41. The molecule has 0 saturated carbocycles. The lowest BCUT2D eigenvalue weighted by atomic mass is 9.99. The van der Waals surface area contributed by atoms with E-state index in [1.165, 1.54) is 51.9 Å². The highest BCUT2D eigenvalue weighted by molar-refractivity contribution is 4.82.